The van der Waals surface area contributed by atoms with E-state index < -0.39 is 29.9 Å². The van der Waals surface area contributed by atoms with Crippen LogP contribution in [0.25, 0.3) is 0 Å². The Kier molecular flexibility index (Phi) is 6.34. The largest absolute Gasteiger partial charge is 0.478 e. The highest BCUT2D eigenvalue weighted by Crippen LogP contribution is 2.28. The first kappa shape index (κ1) is 18.4. The Morgan fingerprint density at radius 1 is 1.36 bits per heavy atom. The summed E-state index contributed by atoms with van der Waals surface area (Å²) in [4.78, 5) is 22.6. The van der Waals surface area contributed by atoms with E-state index in [0.29, 0.717) is 0 Å². The molecule has 124 valence electrons. The molecule has 0 aliphatic carbocycles. The quantitative estimate of drug-likeness (QED) is 0.631. The predicted octanol–water partition coefficient (Wildman–Crippen LogP) is 1.76. The number of ether oxygens (including phenoxy) is 1. The summed E-state index contributed by atoms with van der Waals surface area (Å²) in [6.45, 7) is 5.29. The Bertz CT molecular complexity index is 522. The number of hydrogen-bond donors (Lipinski definition) is 4. The number of hydrogen-bond acceptors (Lipinski definition) is 6. The normalized spacial score (nSPS) is 14.2. The molecule has 2 unspecified atom stereocenters. The van der Waals surface area contributed by atoms with E-state index in [4.69, 9.17) is 9.84 Å². The number of aromatic carboxylic acids is 1. The fraction of sp³-hybridized carbons (Fsp3) is 0.571. The standard InChI is InChI=1S/C14H21NO6S/c1-14(2,3)21-13(20)15-6-4-9(16)10(17)11-8(12(18)19)5-7-22-11/h5,7,9-10,16-17H,4,6H2,1-3H3,(H,15,20)(H,18,19). The molecule has 0 saturated heterocycles. The maximum Gasteiger partial charge on any atom is 0.407 e. The monoisotopic (exact) mass is 331 g/mol. The zero-order chi connectivity index (χ0) is 16.9. The summed E-state index contributed by atoms with van der Waals surface area (Å²) in [5.41, 5.74) is -0.646. The van der Waals surface area contributed by atoms with Gasteiger partial charge in [-0.05, 0) is 38.6 Å². The van der Waals surface area contributed by atoms with Crippen LogP contribution in [0.5, 0.6) is 0 Å². The van der Waals surface area contributed by atoms with Crippen LogP contribution in [0, 0.1) is 0 Å². The van der Waals surface area contributed by atoms with Crippen molar-refractivity contribution in [2.75, 3.05) is 6.54 Å². The minimum atomic E-state index is -1.31. The molecule has 22 heavy (non-hydrogen) atoms. The number of rotatable bonds is 6. The van der Waals surface area contributed by atoms with Crippen LogP contribution in [0.1, 0.15) is 48.5 Å². The van der Waals surface area contributed by atoms with Gasteiger partial charge in [0.1, 0.15) is 11.7 Å². The Morgan fingerprint density at radius 2 is 2.00 bits per heavy atom. The van der Waals surface area contributed by atoms with Crippen LogP contribution in [0.4, 0.5) is 4.79 Å². The van der Waals surface area contributed by atoms with Crippen LogP contribution >= 0.6 is 11.3 Å². The van der Waals surface area contributed by atoms with E-state index in [0.717, 1.165) is 11.3 Å². The summed E-state index contributed by atoms with van der Waals surface area (Å²) in [6.07, 6.45) is -3.05. The molecule has 7 nitrogen and oxygen atoms in total. The number of amides is 1. The van der Waals surface area contributed by atoms with Gasteiger partial charge in [0.05, 0.1) is 16.5 Å². The van der Waals surface area contributed by atoms with Crippen LogP contribution in [0.2, 0.25) is 0 Å². The molecule has 0 radical (unpaired) electrons. The van der Waals surface area contributed by atoms with Gasteiger partial charge in [0.2, 0.25) is 0 Å². The molecule has 8 heteroatoms. The van der Waals surface area contributed by atoms with Crippen molar-refractivity contribution in [3.63, 3.8) is 0 Å². The van der Waals surface area contributed by atoms with Gasteiger partial charge in [0, 0.05) is 6.54 Å². The van der Waals surface area contributed by atoms with Gasteiger partial charge in [0.15, 0.2) is 0 Å². The molecule has 0 fully saturated rings. The van der Waals surface area contributed by atoms with Crippen molar-refractivity contribution in [2.45, 2.75) is 45.0 Å². The number of carboxylic acids is 1. The van der Waals surface area contributed by atoms with Gasteiger partial charge in [-0.1, -0.05) is 0 Å². The smallest absolute Gasteiger partial charge is 0.407 e. The van der Waals surface area contributed by atoms with Crippen LogP contribution in [0.15, 0.2) is 11.4 Å². The van der Waals surface area contributed by atoms with E-state index >= 15 is 0 Å². The molecular formula is C14H21NO6S. The van der Waals surface area contributed by atoms with Gasteiger partial charge in [0.25, 0.3) is 0 Å². The Labute approximate surface area is 132 Å². The Balaban J connectivity index is 2.48. The van der Waals surface area contributed by atoms with Gasteiger partial charge in [-0.25, -0.2) is 9.59 Å². The molecule has 0 bridgehead atoms. The minimum absolute atomic E-state index is 0.0309. The average molecular weight is 331 g/mol. The van der Waals surface area contributed by atoms with Crippen LogP contribution < -0.4 is 5.32 Å². The highest BCUT2D eigenvalue weighted by atomic mass is 32.1. The van der Waals surface area contributed by atoms with Crippen LogP contribution in [-0.4, -0.2) is 45.6 Å². The van der Waals surface area contributed by atoms with Crippen molar-refractivity contribution in [1.82, 2.24) is 5.32 Å². The summed E-state index contributed by atoms with van der Waals surface area (Å²) < 4.78 is 5.03. The fourth-order valence-corrected chi connectivity index (χ4v) is 2.63. The number of aliphatic hydroxyl groups excluding tert-OH is 2. The number of aliphatic hydroxyl groups is 2. The summed E-state index contributed by atoms with van der Waals surface area (Å²) in [5, 5.41) is 32.9. The first-order valence-electron chi connectivity index (χ1n) is 6.75. The first-order valence-corrected chi connectivity index (χ1v) is 7.63. The zero-order valence-electron chi connectivity index (χ0n) is 12.7. The number of thiophene rings is 1. The molecule has 0 spiro atoms. The van der Waals surface area contributed by atoms with E-state index in [1.54, 1.807) is 20.8 Å². The molecular weight excluding hydrogens is 310 g/mol. The van der Waals surface area contributed by atoms with Gasteiger partial charge in [-0.3, -0.25) is 0 Å². The highest BCUT2D eigenvalue weighted by molar-refractivity contribution is 7.10. The molecule has 1 amide bonds. The van der Waals surface area contributed by atoms with E-state index in [9.17, 15) is 19.8 Å². The number of carbonyl (C=O) groups is 2. The number of carboxylic acid groups (broad SMARTS) is 1. The van der Waals surface area contributed by atoms with Crippen molar-refractivity contribution in [2.24, 2.45) is 0 Å². The summed E-state index contributed by atoms with van der Waals surface area (Å²) in [7, 11) is 0. The lowest BCUT2D eigenvalue weighted by Gasteiger charge is -2.21. The maximum atomic E-state index is 11.4. The highest BCUT2D eigenvalue weighted by Gasteiger charge is 2.25. The molecule has 0 saturated carbocycles. The molecule has 1 aromatic heterocycles. The van der Waals surface area contributed by atoms with Crippen molar-refractivity contribution >= 4 is 23.4 Å². The van der Waals surface area contributed by atoms with Crippen molar-refractivity contribution < 1.29 is 29.6 Å². The van der Waals surface area contributed by atoms with Crippen molar-refractivity contribution in [3.8, 4) is 0 Å². The second-order valence-corrected chi connectivity index (χ2v) is 6.68. The van der Waals surface area contributed by atoms with Crippen LogP contribution in [0.3, 0.4) is 0 Å². The minimum Gasteiger partial charge on any atom is -0.478 e. The Hall–Kier alpha value is -1.64. The maximum absolute atomic E-state index is 11.4. The molecule has 1 heterocycles. The Morgan fingerprint density at radius 3 is 2.55 bits per heavy atom. The summed E-state index contributed by atoms with van der Waals surface area (Å²) in [5.74, 6) is -1.16. The van der Waals surface area contributed by atoms with Crippen molar-refractivity contribution in [3.05, 3.63) is 21.9 Å². The van der Waals surface area contributed by atoms with Gasteiger partial charge < -0.3 is 25.4 Å². The predicted molar refractivity (Wildman–Crippen MR) is 81.1 cm³/mol. The van der Waals surface area contributed by atoms with E-state index in [1.165, 1.54) is 11.4 Å². The lowest BCUT2D eigenvalue weighted by molar-refractivity contribution is 0.0136. The average Bonchev–Trinajstić information content (AvgIpc) is 2.84. The third kappa shape index (κ3) is 5.63. The topological polar surface area (TPSA) is 116 Å². The molecule has 4 N–H and O–H groups in total. The fourth-order valence-electron chi connectivity index (χ4n) is 1.70. The molecule has 1 rings (SSSR count). The second kappa shape index (κ2) is 7.57. The molecule has 0 aliphatic heterocycles. The SMILES string of the molecule is CC(C)(C)OC(=O)NCCC(O)C(O)c1sccc1C(=O)O. The van der Waals surface area contributed by atoms with E-state index in [-0.39, 0.29) is 23.4 Å². The van der Waals surface area contributed by atoms with Gasteiger partial charge >= 0.3 is 12.1 Å². The molecule has 1 aromatic rings. The zero-order valence-corrected chi connectivity index (χ0v) is 13.5. The third-order valence-electron chi connectivity index (χ3n) is 2.67. The number of nitrogens with one attached hydrogen (secondary N) is 1. The van der Waals surface area contributed by atoms with E-state index in [1.807, 2.05) is 0 Å². The number of carbonyl (C=O) groups excluding carboxylic acids is 1. The van der Waals surface area contributed by atoms with Crippen molar-refractivity contribution in [1.29, 1.82) is 0 Å². The second-order valence-electron chi connectivity index (χ2n) is 5.73. The summed E-state index contributed by atoms with van der Waals surface area (Å²) >= 11 is 1.06. The van der Waals surface area contributed by atoms with Gasteiger partial charge in [-0.15, -0.1) is 11.3 Å². The number of alkyl carbamates (subject to hydrolysis) is 1. The molecule has 0 aliphatic rings. The first-order chi connectivity index (χ1) is 10.1. The van der Waals surface area contributed by atoms with Crippen LogP contribution in [-0.2, 0) is 4.74 Å². The lowest BCUT2D eigenvalue weighted by Crippen LogP contribution is -2.34. The van der Waals surface area contributed by atoms with Gasteiger partial charge in [-0.2, -0.15) is 0 Å². The molecule has 2 atom stereocenters. The lowest BCUT2D eigenvalue weighted by atomic mass is 10.1. The van der Waals surface area contributed by atoms with E-state index in [2.05, 4.69) is 5.32 Å². The summed E-state index contributed by atoms with van der Waals surface area (Å²) in [6, 6.07) is 1.37. The third-order valence-corrected chi connectivity index (χ3v) is 3.65. The molecule has 0 aromatic carbocycles.